The van der Waals surface area contributed by atoms with Crippen molar-refractivity contribution >= 4 is 17.3 Å². The SMILES string of the molecule is CC1CC(Nc2cc3c(cc2Cl)OCCO3)CN1C1CC1. The number of hydrogen-bond acceptors (Lipinski definition) is 4. The molecule has 5 heteroatoms. The van der Waals surface area contributed by atoms with E-state index in [1.807, 2.05) is 12.1 Å². The van der Waals surface area contributed by atoms with Crippen LogP contribution in [0, 0.1) is 0 Å². The molecule has 2 unspecified atom stereocenters. The maximum atomic E-state index is 6.38. The molecular weight excluding hydrogens is 288 g/mol. The topological polar surface area (TPSA) is 33.7 Å². The van der Waals surface area contributed by atoms with Crippen molar-refractivity contribution in [2.24, 2.45) is 0 Å². The van der Waals surface area contributed by atoms with E-state index in [4.69, 9.17) is 21.1 Å². The van der Waals surface area contributed by atoms with Gasteiger partial charge < -0.3 is 14.8 Å². The second kappa shape index (κ2) is 5.25. The molecule has 2 atom stereocenters. The van der Waals surface area contributed by atoms with E-state index in [0.717, 1.165) is 29.8 Å². The number of nitrogens with zero attached hydrogens (tertiary/aromatic N) is 1. The third kappa shape index (κ3) is 2.67. The van der Waals surface area contributed by atoms with E-state index >= 15 is 0 Å². The molecule has 2 aliphatic heterocycles. The quantitative estimate of drug-likeness (QED) is 0.930. The molecule has 1 aromatic rings. The van der Waals surface area contributed by atoms with Gasteiger partial charge in [0.05, 0.1) is 10.7 Å². The van der Waals surface area contributed by atoms with Gasteiger partial charge in [0.2, 0.25) is 0 Å². The lowest BCUT2D eigenvalue weighted by atomic mass is 10.1. The highest BCUT2D eigenvalue weighted by Gasteiger charge is 2.38. The van der Waals surface area contributed by atoms with Crippen molar-refractivity contribution in [3.8, 4) is 11.5 Å². The molecule has 1 saturated carbocycles. The van der Waals surface area contributed by atoms with Gasteiger partial charge in [-0.3, -0.25) is 4.90 Å². The Balaban J connectivity index is 1.49. The number of halogens is 1. The Morgan fingerprint density at radius 2 is 1.90 bits per heavy atom. The number of ether oxygens (including phenoxy) is 2. The first-order valence-corrected chi connectivity index (χ1v) is 8.20. The van der Waals surface area contributed by atoms with Crippen LogP contribution >= 0.6 is 11.6 Å². The Morgan fingerprint density at radius 3 is 2.62 bits per heavy atom. The van der Waals surface area contributed by atoms with Gasteiger partial charge >= 0.3 is 0 Å². The fraction of sp³-hybridized carbons (Fsp3) is 0.625. The summed E-state index contributed by atoms with van der Waals surface area (Å²) in [6.45, 7) is 4.62. The Labute approximate surface area is 130 Å². The van der Waals surface area contributed by atoms with E-state index in [1.165, 1.54) is 19.3 Å². The lowest BCUT2D eigenvalue weighted by molar-refractivity contribution is 0.171. The number of nitrogens with one attached hydrogen (secondary N) is 1. The minimum absolute atomic E-state index is 0.459. The third-order valence-corrected chi connectivity index (χ3v) is 4.94. The molecule has 21 heavy (non-hydrogen) atoms. The molecule has 1 N–H and O–H groups in total. The van der Waals surface area contributed by atoms with Crippen molar-refractivity contribution in [2.45, 2.75) is 44.3 Å². The van der Waals surface area contributed by atoms with Gasteiger partial charge in [0, 0.05) is 36.8 Å². The second-order valence-corrected chi connectivity index (χ2v) is 6.74. The average molecular weight is 309 g/mol. The largest absolute Gasteiger partial charge is 0.486 e. The van der Waals surface area contributed by atoms with Gasteiger partial charge in [0.25, 0.3) is 0 Å². The van der Waals surface area contributed by atoms with E-state index in [0.29, 0.717) is 30.3 Å². The van der Waals surface area contributed by atoms with Crippen molar-refractivity contribution in [3.05, 3.63) is 17.2 Å². The predicted molar refractivity (Wildman–Crippen MR) is 83.7 cm³/mol. The van der Waals surface area contributed by atoms with E-state index in [1.54, 1.807) is 0 Å². The van der Waals surface area contributed by atoms with Crippen LogP contribution < -0.4 is 14.8 Å². The Kier molecular flexibility index (Phi) is 3.38. The van der Waals surface area contributed by atoms with Gasteiger partial charge in [-0.2, -0.15) is 0 Å². The minimum atomic E-state index is 0.459. The molecule has 2 heterocycles. The highest BCUT2D eigenvalue weighted by Crippen LogP contribution is 2.39. The second-order valence-electron chi connectivity index (χ2n) is 6.33. The van der Waals surface area contributed by atoms with E-state index < -0.39 is 0 Å². The molecule has 0 amide bonds. The average Bonchev–Trinajstić information content (AvgIpc) is 3.24. The van der Waals surface area contributed by atoms with Crippen LogP contribution in [0.15, 0.2) is 12.1 Å². The first kappa shape index (κ1) is 13.5. The lowest BCUT2D eigenvalue weighted by Gasteiger charge is -2.22. The zero-order valence-corrected chi connectivity index (χ0v) is 13.0. The number of fused-ring (bicyclic) bond motifs is 1. The Bertz CT molecular complexity index is 547. The number of anilines is 1. The maximum Gasteiger partial charge on any atom is 0.163 e. The molecule has 0 radical (unpaired) electrons. The fourth-order valence-electron chi connectivity index (χ4n) is 3.47. The summed E-state index contributed by atoms with van der Waals surface area (Å²) in [5.74, 6) is 1.54. The molecule has 0 spiro atoms. The first-order valence-electron chi connectivity index (χ1n) is 7.82. The fourth-order valence-corrected chi connectivity index (χ4v) is 3.68. The number of hydrogen-bond donors (Lipinski definition) is 1. The molecule has 2 fully saturated rings. The summed E-state index contributed by atoms with van der Waals surface area (Å²) in [4.78, 5) is 2.63. The van der Waals surface area contributed by atoms with Crippen molar-refractivity contribution < 1.29 is 9.47 Å². The monoisotopic (exact) mass is 308 g/mol. The summed E-state index contributed by atoms with van der Waals surface area (Å²) < 4.78 is 11.2. The lowest BCUT2D eigenvalue weighted by Crippen LogP contribution is -2.31. The molecule has 3 aliphatic rings. The van der Waals surface area contributed by atoms with Gasteiger partial charge in [-0.1, -0.05) is 11.6 Å². The molecule has 1 aliphatic carbocycles. The van der Waals surface area contributed by atoms with E-state index in [9.17, 15) is 0 Å². The van der Waals surface area contributed by atoms with Crippen LogP contribution in [0.5, 0.6) is 11.5 Å². The van der Waals surface area contributed by atoms with Crippen LogP contribution in [-0.2, 0) is 0 Å². The van der Waals surface area contributed by atoms with Crippen LogP contribution in [0.4, 0.5) is 5.69 Å². The van der Waals surface area contributed by atoms with E-state index in [2.05, 4.69) is 17.1 Å². The van der Waals surface area contributed by atoms with Crippen LogP contribution in [0.2, 0.25) is 5.02 Å². The zero-order valence-electron chi connectivity index (χ0n) is 12.3. The molecular formula is C16H21ClN2O2. The third-order valence-electron chi connectivity index (χ3n) is 4.63. The highest BCUT2D eigenvalue weighted by molar-refractivity contribution is 6.33. The van der Waals surface area contributed by atoms with Gasteiger partial charge in [-0.05, 0) is 26.2 Å². The Morgan fingerprint density at radius 1 is 1.19 bits per heavy atom. The molecule has 1 aromatic carbocycles. The highest BCUT2D eigenvalue weighted by atomic mass is 35.5. The van der Waals surface area contributed by atoms with E-state index in [-0.39, 0.29) is 0 Å². The molecule has 0 aromatic heterocycles. The first-order chi connectivity index (χ1) is 10.2. The molecule has 4 nitrogen and oxygen atoms in total. The van der Waals surface area contributed by atoms with Crippen LogP contribution in [0.1, 0.15) is 26.2 Å². The van der Waals surface area contributed by atoms with Crippen molar-refractivity contribution in [1.82, 2.24) is 4.90 Å². The maximum absolute atomic E-state index is 6.38. The standard InChI is InChI=1S/C16H21ClN2O2/c1-10-6-11(9-19(10)12-2-3-12)18-14-8-16-15(7-13(14)17)20-4-5-21-16/h7-8,10-12,18H,2-6,9H2,1H3. The Hall–Kier alpha value is -1.13. The minimum Gasteiger partial charge on any atom is -0.486 e. The number of benzene rings is 1. The summed E-state index contributed by atoms with van der Waals surface area (Å²) in [6, 6.07) is 5.77. The van der Waals surface area contributed by atoms with Crippen LogP contribution in [0.25, 0.3) is 0 Å². The molecule has 114 valence electrons. The predicted octanol–water partition coefficient (Wildman–Crippen LogP) is 3.15. The van der Waals surface area contributed by atoms with Gasteiger partial charge in [-0.25, -0.2) is 0 Å². The molecule has 4 rings (SSSR count). The van der Waals surface area contributed by atoms with Crippen molar-refractivity contribution in [2.75, 3.05) is 25.1 Å². The van der Waals surface area contributed by atoms with Crippen molar-refractivity contribution in [3.63, 3.8) is 0 Å². The van der Waals surface area contributed by atoms with Crippen LogP contribution in [-0.4, -0.2) is 42.8 Å². The van der Waals surface area contributed by atoms with Gasteiger partial charge in [-0.15, -0.1) is 0 Å². The van der Waals surface area contributed by atoms with Crippen LogP contribution in [0.3, 0.4) is 0 Å². The molecule has 1 saturated heterocycles. The smallest absolute Gasteiger partial charge is 0.163 e. The summed E-state index contributed by atoms with van der Waals surface area (Å²) in [5, 5.41) is 4.30. The molecule has 0 bridgehead atoms. The number of likely N-dealkylation sites (tertiary alicyclic amines) is 1. The van der Waals surface area contributed by atoms with Gasteiger partial charge in [0.1, 0.15) is 13.2 Å². The summed E-state index contributed by atoms with van der Waals surface area (Å²) in [6.07, 6.45) is 3.89. The summed E-state index contributed by atoms with van der Waals surface area (Å²) in [5.41, 5.74) is 0.954. The van der Waals surface area contributed by atoms with Gasteiger partial charge in [0.15, 0.2) is 11.5 Å². The zero-order chi connectivity index (χ0) is 14.4. The normalized spacial score (nSPS) is 28.7. The summed E-state index contributed by atoms with van der Waals surface area (Å²) >= 11 is 6.38. The summed E-state index contributed by atoms with van der Waals surface area (Å²) in [7, 11) is 0. The number of rotatable bonds is 3. The van der Waals surface area contributed by atoms with Crippen molar-refractivity contribution in [1.29, 1.82) is 0 Å².